The van der Waals surface area contributed by atoms with Crippen molar-refractivity contribution in [2.45, 2.75) is 13.5 Å². The van der Waals surface area contributed by atoms with E-state index in [9.17, 15) is 4.79 Å². The molecule has 0 fully saturated rings. The molecule has 0 saturated heterocycles. The number of nitrogens with zero attached hydrogens (tertiary/aromatic N) is 4. The van der Waals surface area contributed by atoms with Crippen molar-refractivity contribution in [3.63, 3.8) is 0 Å². The number of aromatic nitrogens is 4. The van der Waals surface area contributed by atoms with Crippen molar-refractivity contribution < 1.29 is 4.52 Å². The molecule has 0 aliphatic carbocycles. The molecule has 2 aromatic heterocycles. The molecule has 0 aliphatic heterocycles. The first-order valence-corrected chi connectivity index (χ1v) is 4.18. The summed E-state index contributed by atoms with van der Waals surface area (Å²) >= 11 is 0. The Hall–Kier alpha value is -1.85. The normalized spacial score (nSPS) is 10.7. The summed E-state index contributed by atoms with van der Waals surface area (Å²) in [5.74, 6) is 1.01. The van der Waals surface area contributed by atoms with Crippen LogP contribution in [-0.2, 0) is 13.6 Å². The maximum atomic E-state index is 11.4. The molecule has 6 nitrogen and oxygen atoms in total. The molecule has 2 rings (SSSR count). The minimum atomic E-state index is -0.0903. The van der Waals surface area contributed by atoms with Crippen molar-refractivity contribution in [3.05, 3.63) is 34.6 Å². The standard InChI is InChI=1S/C8H10N4O2/c1-6-9-7(10-14-6)5-12-4-3-11(2)8(12)13/h3-4H,5H2,1-2H3. The van der Waals surface area contributed by atoms with E-state index in [0.717, 1.165) is 0 Å². The van der Waals surface area contributed by atoms with Crippen molar-refractivity contribution in [1.82, 2.24) is 19.3 Å². The third-order valence-electron chi connectivity index (χ3n) is 1.90. The first-order chi connectivity index (χ1) is 6.66. The molecule has 0 spiro atoms. The number of imidazole rings is 1. The summed E-state index contributed by atoms with van der Waals surface area (Å²) in [4.78, 5) is 15.4. The topological polar surface area (TPSA) is 65.8 Å². The average Bonchev–Trinajstić information content (AvgIpc) is 2.67. The van der Waals surface area contributed by atoms with Crippen LogP contribution in [0.4, 0.5) is 0 Å². The summed E-state index contributed by atoms with van der Waals surface area (Å²) in [6.45, 7) is 2.06. The van der Waals surface area contributed by atoms with E-state index in [1.165, 1.54) is 9.13 Å². The molecule has 0 saturated carbocycles. The van der Waals surface area contributed by atoms with Crippen molar-refractivity contribution >= 4 is 0 Å². The molecule has 14 heavy (non-hydrogen) atoms. The third kappa shape index (κ3) is 1.46. The van der Waals surface area contributed by atoms with Crippen LogP contribution in [0.2, 0.25) is 0 Å². The van der Waals surface area contributed by atoms with Gasteiger partial charge in [-0.25, -0.2) is 4.79 Å². The van der Waals surface area contributed by atoms with E-state index in [0.29, 0.717) is 18.3 Å². The van der Waals surface area contributed by atoms with Gasteiger partial charge in [0.05, 0.1) is 6.54 Å². The summed E-state index contributed by atoms with van der Waals surface area (Å²) in [5, 5.41) is 3.71. The minimum absolute atomic E-state index is 0.0903. The van der Waals surface area contributed by atoms with Crippen LogP contribution in [0.3, 0.4) is 0 Å². The zero-order valence-corrected chi connectivity index (χ0v) is 7.97. The van der Waals surface area contributed by atoms with E-state index in [4.69, 9.17) is 4.52 Å². The van der Waals surface area contributed by atoms with Gasteiger partial charge >= 0.3 is 5.69 Å². The number of hydrogen-bond donors (Lipinski definition) is 0. The quantitative estimate of drug-likeness (QED) is 0.671. The van der Waals surface area contributed by atoms with Gasteiger partial charge in [0.25, 0.3) is 0 Å². The van der Waals surface area contributed by atoms with Crippen molar-refractivity contribution in [2.75, 3.05) is 0 Å². The van der Waals surface area contributed by atoms with Crippen LogP contribution in [0, 0.1) is 6.92 Å². The molecule has 0 aliphatic rings. The van der Waals surface area contributed by atoms with Gasteiger partial charge in [-0.3, -0.25) is 4.57 Å². The van der Waals surface area contributed by atoms with Crippen LogP contribution in [-0.4, -0.2) is 19.3 Å². The molecule has 2 aromatic rings. The molecule has 0 amide bonds. The molecular weight excluding hydrogens is 184 g/mol. The van der Waals surface area contributed by atoms with Crippen LogP contribution in [0.1, 0.15) is 11.7 Å². The lowest BCUT2D eigenvalue weighted by Gasteiger charge is -1.93. The summed E-state index contributed by atoms with van der Waals surface area (Å²) in [6, 6.07) is 0. The largest absolute Gasteiger partial charge is 0.340 e. The van der Waals surface area contributed by atoms with Crippen molar-refractivity contribution in [2.24, 2.45) is 7.05 Å². The molecule has 0 unspecified atom stereocenters. The smallest absolute Gasteiger partial charge is 0.328 e. The Morgan fingerprint density at radius 2 is 2.29 bits per heavy atom. The molecule has 6 heteroatoms. The fourth-order valence-electron chi connectivity index (χ4n) is 1.19. The summed E-state index contributed by atoms with van der Waals surface area (Å²) in [7, 11) is 1.69. The first-order valence-electron chi connectivity index (χ1n) is 4.18. The van der Waals surface area contributed by atoms with Gasteiger partial charge in [-0.2, -0.15) is 4.98 Å². The fourth-order valence-corrected chi connectivity index (χ4v) is 1.19. The first kappa shape index (κ1) is 8.74. The predicted octanol–water partition coefficient (Wildman–Crippen LogP) is -0.0735. The lowest BCUT2D eigenvalue weighted by atomic mass is 10.6. The third-order valence-corrected chi connectivity index (χ3v) is 1.90. The van der Waals surface area contributed by atoms with Crippen LogP contribution in [0.15, 0.2) is 21.7 Å². The van der Waals surface area contributed by atoms with Crippen LogP contribution in [0.25, 0.3) is 0 Å². The Morgan fingerprint density at radius 1 is 1.50 bits per heavy atom. The Bertz CT molecular complexity index is 493. The number of rotatable bonds is 2. The van der Waals surface area contributed by atoms with Gasteiger partial charge in [-0.1, -0.05) is 5.16 Å². The molecule has 0 atom stereocenters. The zero-order chi connectivity index (χ0) is 10.1. The predicted molar refractivity (Wildman–Crippen MR) is 47.8 cm³/mol. The highest BCUT2D eigenvalue weighted by atomic mass is 16.5. The summed E-state index contributed by atoms with van der Waals surface area (Å²) in [6.07, 6.45) is 3.38. The Morgan fingerprint density at radius 3 is 2.79 bits per heavy atom. The van der Waals surface area contributed by atoms with Gasteiger partial charge in [0.15, 0.2) is 5.82 Å². The second kappa shape index (κ2) is 3.13. The highest BCUT2D eigenvalue weighted by Gasteiger charge is 2.05. The fraction of sp³-hybridized carbons (Fsp3) is 0.375. The van der Waals surface area contributed by atoms with E-state index < -0.39 is 0 Å². The Labute approximate surface area is 79.8 Å². The lowest BCUT2D eigenvalue weighted by molar-refractivity contribution is 0.386. The molecule has 0 aromatic carbocycles. The van der Waals surface area contributed by atoms with Crippen LogP contribution < -0.4 is 5.69 Å². The molecule has 0 radical (unpaired) electrons. The average molecular weight is 194 g/mol. The molecule has 2 heterocycles. The van der Waals surface area contributed by atoms with E-state index in [2.05, 4.69) is 10.1 Å². The van der Waals surface area contributed by atoms with Gasteiger partial charge in [-0.15, -0.1) is 0 Å². The van der Waals surface area contributed by atoms with Crippen LogP contribution >= 0.6 is 0 Å². The highest BCUT2D eigenvalue weighted by Crippen LogP contribution is 1.96. The van der Waals surface area contributed by atoms with E-state index in [1.807, 2.05) is 0 Å². The van der Waals surface area contributed by atoms with Crippen molar-refractivity contribution in [1.29, 1.82) is 0 Å². The molecule has 74 valence electrons. The van der Waals surface area contributed by atoms with E-state index in [1.54, 1.807) is 26.4 Å². The molecule has 0 bridgehead atoms. The number of aryl methyl sites for hydroxylation is 2. The number of hydrogen-bond acceptors (Lipinski definition) is 4. The monoisotopic (exact) mass is 194 g/mol. The SMILES string of the molecule is Cc1nc(Cn2ccn(C)c2=O)no1. The van der Waals surface area contributed by atoms with E-state index in [-0.39, 0.29) is 5.69 Å². The summed E-state index contributed by atoms with van der Waals surface area (Å²) < 4.78 is 7.81. The highest BCUT2D eigenvalue weighted by molar-refractivity contribution is 4.89. The van der Waals surface area contributed by atoms with Gasteiger partial charge in [-0.05, 0) is 0 Å². The minimum Gasteiger partial charge on any atom is -0.340 e. The van der Waals surface area contributed by atoms with E-state index >= 15 is 0 Å². The second-order valence-electron chi connectivity index (χ2n) is 3.05. The maximum Gasteiger partial charge on any atom is 0.328 e. The Kier molecular flexibility index (Phi) is 1.95. The van der Waals surface area contributed by atoms with Gasteiger partial charge in [0.2, 0.25) is 5.89 Å². The van der Waals surface area contributed by atoms with Gasteiger partial charge in [0.1, 0.15) is 0 Å². The van der Waals surface area contributed by atoms with Crippen LogP contribution in [0.5, 0.6) is 0 Å². The summed E-state index contributed by atoms with van der Waals surface area (Å²) in [5.41, 5.74) is -0.0903. The Balaban J connectivity index is 2.27. The van der Waals surface area contributed by atoms with Gasteiger partial charge < -0.3 is 9.09 Å². The lowest BCUT2D eigenvalue weighted by Crippen LogP contribution is -2.22. The second-order valence-corrected chi connectivity index (χ2v) is 3.05. The molecular formula is C8H10N4O2. The van der Waals surface area contributed by atoms with Crippen molar-refractivity contribution in [3.8, 4) is 0 Å². The molecule has 0 N–H and O–H groups in total. The van der Waals surface area contributed by atoms with Gasteiger partial charge in [0, 0.05) is 26.4 Å². The zero-order valence-electron chi connectivity index (χ0n) is 7.97. The maximum absolute atomic E-state index is 11.4.